The number of nitrogens with one attached hydrogen (secondary N) is 1. The van der Waals surface area contributed by atoms with Gasteiger partial charge in [0.2, 0.25) is 5.88 Å². The predicted octanol–water partition coefficient (Wildman–Crippen LogP) is 1.27. The van der Waals surface area contributed by atoms with E-state index < -0.39 is 11.9 Å². The van der Waals surface area contributed by atoms with Crippen molar-refractivity contribution in [3.05, 3.63) is 21.6 Å². The lowest BCUT2D eigenvalue weighted by atomic mass is 10.2. The molecule has 0 spiro atoms. The lowest BCUT2D eigenvalue weighted by molar-refractivity contribution is 0.0589. The molecule has 2 heterocycles. The molecule has 0 unspecified atom stereocenters. The molecule has 0 aromatic carbocycles. The predicted molar refractivity (Wildman–Crippen MR) is 84.7 cm³/mol. The quantitative estimate of drug-likeness (QED) is 0.795. The van der Waals surface area contributed by atoms with Crippen molar-refractivity contribution in [1.29, 1.82) is 0 Å². The maximum absolute atomic E-state index is 12.5. The summed E-state index contributed by atoms with van der Waals surface area (Å²) in [6.07, 6.45) is 0. The number of rotatable bonds is 4. The Morgan fingerprint density at radius 1 is 1.17 bits per heavy atom. The monoisotopic (exact) mass is 385 g/mol. The minimum absolute atomic E-state index is 0.128. The minimum Gasteiger partial charge on any atom is -0.480 e. The van der Waals surface area contributed by atoms with Crippen molar-refractivity contribution in [2.45, 2.75) is 6.92 Å². The van der Waals surface area contributed by atoms with E-state index in [0.717, 1.165) is 0 Å². The zero-order valence-electron chi connectivity index (χ0n) is 13.3. The van der Waals surface area contributed by atoms with Crippen molar-refractivity contribution in [3.8, 4) is 5.88 Å². The van der Waals surface area contributed by atoms with Gasteiger partial charge in [-0.05, 0) is 22.9 Å². The van der Waals surface area contributed by atoms with Gasteiger partial charge in [-0.2, -0.15) is 10.2 Å². The first-order chi connectivity index (χ1) is 10.8. The maximum atomic E-state index is 12.5. The first-order valence-electron chi connectivity index (χ1n) is 6.51. The summed E-state index contributed by atoms with van der Waals surface area (Å²) in [7, 11) is 5.98. The van der Waals surface area contributed by atoms with Crippen molar-refractivity contribution in [2.75, 3.05) is 19.5 Å². The van der Waals surface area contributed by atoms with E-state index in [1.807, 2.05) is 0 Å². The summed E-state index contributed by atoms with van der Waals surface area (Å²) in [6, 6.07) is 0. The number of aromatic nitrogens is 4. The fourth-order valence-electron chi connectivity index (χ4n) is 2.16. The van der Waals surface area contributed by atoms with Crippen molar-refractivity contribution in [1.82, 2.24) is 19.6 Å². The first kappa shape index (κ1) is 17.0. The number of anilines is 1. The molecule has 0 atom stereocenters. The van der Waals surface area contributed by atoms with Crippen LogP contribution in [0.3, 0.4) is 0 Å². The number of hydrogen-bond acceptors (Lipinski definition) is 6. The average molecular weight is 386 g/mol. The summed E-state index contributed by atoms with van der Waals surface area (Å²) in [5, 5.41) is 10.9. The molecular weight excluding hydrogens is 370 g/mol. The van der Waals surface area contributed by atoms with Gasteiger partial charge in [-0.1, -0.05) is 0 Å². The van der Waals surface area contributed by atoms with Crippen LogP contribution < -0.4 is 10.1 Å². The molecule has 0 aliphatic carbocycles. The molecule has 0 aliphatic heterocycles. The van der Waals surface area contributed by atoms with E-state index in [-0.39, 0.29) is 17.1 Å². The second-order valence-corrected chi connectivity index (χ2v) is 5.47. The van der Waals surface area contributed by atoms with Crippen molar-refractivity contribution in [2.24, 2.45) is 14.1 Å². The zero-order chi connectivity index (χ0) is 17.3. The van der Waals surface area contributed by atoms with E-state index in [2.05, 4.69) is 31.4 Å². The normalized spacial score (nSPS) is 10.5. The fraction of sp³-hybridized carbons (Fsp3) is 0.385. The molecule has 2 rings (SSSR count). The van der Waals surface area contributed by atoms with E-state index in [4.69, 9.17) is 9.47 Å². The van der Waals surface area contributed by atoms with Crippen LogP contribution in [0.2, 0.25) is 0 Å². The number of methoxy groups -OCH3 is 2. The third kappa shape index (κ3) is 2.93. The molecule has 2 aromatic rings. The Balaban J connectivity index is 2.40. The molecule has 0 bridgehead atoms. The number of carbonyl (C=O) groups is 2. The van der Waals surface area contributed by atoms with Crippen LogP contribution in [0, 0.1) is 6.92 Å². The number of aryl methyl sites for hydroxylation is 3. The maximum Gasteiger partial charge on any atom is 0.358 e. The Labute approximate surface area is 140 Å². The van der Waals surface area contributed by atoms with Crippen LogP contribution >= 0.6 is 15.9 Å². The van der Waals surface area contributed by atoms with Gasteiger partial charge in [0.1, 0.15) is 4.47 Å². The SMILES string of the molecule is COC(=O)c1c(NC(=O)c2nn(C)c(OC)c2Br)c(C)nn1C. The van der Waals surface area contributed by atoms with Gasteiger partial charge in [0.25, 0.3) is 5.91 Å². The molecule has 10 heteroatoms. The molecule has 124 valence electrons. The molecule has 0 aliphatic rings. The number of carbonyl (C=O) groups excluding carboxylic acids is 2. The van der Waals surface area contributed by atoms with E-state index in [1.165, 1.54) is 23.6 Å². The van der Waals surface area contributed by atoms with Gasteiger partial charge in [0.05, 0.1) is 25.6 Å². The summed E-state index contributed by atoms with van der Waals surface area (Å²) in [4.78, 5) is 24.4. The molecular formula is C13H16BrN5O4. The van der Waals surface area contributed by atoms with Crippen LogP contribution in [0.15, 0.2) is 4.47 Å². The highest BCUT2D eigenvalue weighted by molar-refractivity contribution is 9.10. The van der Waals surface area contributed by atoms with Crippen molar-refractivity contribution < 1.29 is 19.1 Å². The topological polar surface area (TPSA) is 100 Å². The average Bonchev–Trinajstić information content (AvgIpc) is 2.94. The van der Waals surface area contributed by atoms with Gasteiger partial charge in [0, 0.05) is 14.1 Å². The van der Waals surface area contributed by atoms with E-state index in [1.54, 1.807) is 21.0 Å². The van der Waals surface area contributed by atoms with Crippen molar-refractivity contribution in [3.63, 3.8) is 0 Å². The Hall–Kier alpha value is -2.36. The van der Waals surface area contributed by atoms with Gasteiger partial charge in [0.15, 0.2) is 11.4 Å². The number of halogens is 1. The lowest BCUT2D eigenvalue weighted by Crippen LogP contribution is -2.17. The van der Waals surface area contributed by atoms with Crippen LogP contribution in [0.5, 0.6) is 5.88 Å². The molecule has 1 N–H and O–H groups in total. The summed E-state index contributed by atoms with van der Waals surface area (Å²) in [5.74, 6) is -0.690. The second-order valence-electron chi connectivity index (χ2n) is 4.67. The summed E-state index contributed by atoms with van der Waals surface area (Å²) in [6.45, 7) is 1.68. The van der Waals surface area contributed by atoms with Gasteiger partial charge in [-0.15, -0.1) is 0 Å². The third-order valence-corrected chi connectivity index (χ3v) is 3.90. The Bertz CT molecular complexity index is 780. The molecule has 9 nitrogen and oxygen atoms in total. The standard InChI is InChI=1S/C13H16BrN5O4/c1-6-8(10(13(21)23-5)18(2)16-6)15-11(20)9-7(14)12(22-4)19(3)17-9/h1-5H3,(H,15,20). The molecule has 1 amide bonds. The van der Waals surface area contributed by atoms with E-state index in [9.17, 15) is 9.59 Å². The molecule has 0 fully saturated rings. The number of ether oxygens (including phenoxy) is 2. The van der Waals surface area contributed by atoms with Gasteiger partial charge >= 0.3 is 5.97 Å². The molecule has 0 radical (unpaired) electrons. The highest BCUT2D eigenvalue weighted by atomic mass is 79.9. The van der Waals surface area contributed by atoms with Crippen LogP contribution in [-0.2, 0) is 18.8 Å². The molecule has 0 saturated heterocycles. The zero-order valence-corrected chi connectivity index (χ0v) is 14.9. The second kappa shape index (κ2) is 6.41. The highest BCUT2D eigenvalue weighted by Gasteiger charge is 2.26. The Morgan fingerprint density at radius 3 is 2.35 bits per heavy atom. The van der Waals surface area contributed by atoms with Gasteiger partial charge < -0.3 is 14.8 Å². The lowest BCUT2D eigenvalue weighted by Gasteiger charge is -2.06. The van der Waals surface area contributed by atoms with Crippen molar-refractivity contribution >= 4 is 33.5 Å². The number of hydrogen-bond donors (Lipinski definition) is 1. The van der Waals surface area contributed by atoms with E-state index >= 15 is 0 Å². The van der Waals surface area contributed by atoms with E-state index in [0.29, 0.717) is 16.0 Å². The Morgan fingerprint density at radius 2 is 1.83 bits per heavy atom. The first-order valence-corrected chi connectivity index (χ1v) is 7.30. The number of esters is 1. The molecule has 23 heavy (non-hydrogen) atoms. The van der Waals surface area contributed by atoms with Crippen LogP contribution in [-0.4, -0.2) is 45.7 Å². The van der Waals surface area contributed by atoms with Crippen LogP contribution in [0.1, 0.15) is 26.7 Å². The number of nitrogens with zero attached hydrogens (tertiary/aromatic N) is 4. The molecule has 2 aromatic heterocycles. The fourth-order valence-corrected chi connectivity index (χ4v) is 2.84. The van der Waals surface area contributed by atoms with Crippen LogP contribution in [0.25, 0.3) is 0 Å². The Kier molecular flexibility index (Phi) is 4.73. The highest BCUT2D eigenvalue weighted by Crippen LogP contribution is 2.29. The largest absolute Gasteiger partial charge is 0.480 e. The van der Waals surface area contributed by atoms with Gasteiger partial charge in [-0.25, -0.2) is 9.48 Å². The van der Waals surface area contributed by atoms with Gasteiger partial charge in [-0.3, -0.25) is 9.48 Å². The summed E-state index contributed by atoms with van der Waals surface area (Å²) in [5.41, 5.74) is 1.04. The summed E-state index contributed by atoms with van der Waals surface area (Å²) >= 11 is 3.28. The third-order valence-electron chi connectivity index (χ3n) is 3.19. The van der Waals surface area contributed by atoms with Crippen LogP contribution in [0.4, 0.5) is 5.69 Å². The molecule has 0 saturated carbocycles. The number of amides is 1. The summed E-state index contributed by atoms with van der Waals surface area (Å²) < 4.78 is 13.1. The minimum atomic E-state index is -0.596. The smallest absolute Gasteiger partial charge is 0.358 e.